The number of hydrogen-bond acceptors (Lipinski definition) is 7. The quantitative estimate of drug-likeness (QED) is 0.306. The van der Waals surface area contributed by atoms with E-state index in [1.54, 1.807) is 32.0 Å². The smallest absolute Gasteiger partial charge is 0.308 e. The maximum absolute atomic E-state index is 13.0. The lowest BCUT2D eigenvalue weighted by Gasteiger charge is -2.12. The highest BCUT2D eigenvalue weighted by molar-refractivity contribution is 7.92. The van der Waals surface area contributed by atoms with Gasteiger partial charge < -0.3 is 10.1 Å². The molecule has 0 saturated carbocycles. The Morgan fingerprint density at radius 1 is 0.857 bits per heavy atom. The van der Waals surface area contributed by atoms with Crippen molar-refractivity contribution in [3.8, 4) is 5.75 Å². The predicted molar refractivity (Wildman–Crippen MR) is 132 cm³/mol. The van der Waals surface area contributed by atoms with Gasteiger partial charge in [0, 0.05) is 24.0 Å². The first-order chi connectivity index (χ1) is 16.6. The van der Waals surface area contributed by atoms with Gasteiger partial charge in [0.05, 0.1) is 10.5 Å². The van der Waals surface area contributed by atoms with Crippen LogP contribution >= 0.6 is 0 Å². The number of ether oxygens (including phenoxy) is 1. The molecule has 0 bridgehead atoms. The molecule has 1 aromatic heterocycles. The second kappa shape index (κ2) is 9.51. The number of aromatic nitrogens is 2. The van der Waals surface area contributed by atoms with E-state index in [1.165, 1.54) is 31.2 Å². The van der Waals surface area contributed by atoms with Gasteiger partial charge in [-0.3, -0.25) is 9.59 Å². The van der Waals surface area contributed by atoms with Gasteiger partial charge >= 0.3 is 5.97 Å². The molecule has 178 valence electrons. The van der Waals surface area contributed by atoms with Crippen LogP contribution in [0.3, 0.4) is 0 Å². The third-order valence-corrected chi connectivity index (χ3v) is 6.32. The Balaban J connectivity index is 1.56. The van der Waals surface area contributed by atoms with Gasteiger partial charge in [0.1, 0.15) is 5.75 Å². The summed E-state index contributed by atoms with van der Waals surface area (Å²) in [5.41, 5.74) is 1.80. The van der Waals surface area contributed by atoms with Crippen LogP contribution in [0.1, 0.15) is 28.7 Å². The zero-order valence-electron chi connectivity index (χ0n) is 19.2. The molecule has 0 spiro atoms. The molecule has 9 nitrogen and oxygen atoms in total. The monoisotopic (exact) mass is 490 g/mol. The molecule has 0 aliphatic rings. The lowest BCUT2D eigenvalue weighted by Crippen LogP contribution is -2.17. The van der Waals surface area contributed by atoms with E-state index in [4.69, 9.17) is 4.74 Å². The second-order valence-corrected chi connectivity index (χ2v) is 9.53. The van der Waals surface area contributed by atoms with Crippen molar-refractivity contribution in [3.63, 3.8) is 0 Å². The van der Waals surface area contributed by atoms with E-state index in [0.29, 0.717) is 17.1 Å². The number of anilines is 2. The lowest BCUT2D eigenvalue weighted by atomic mass is 10.1. The normalized spacial score (nSPS) is 11.2. The highest BCUT2D eigenvalue weighted by Crippen LogP contribution is 2.27. The Kier molecular flexibility index (Phi) is 6.48. The Hall–Kier alpha value is -4.31. The van der Waals surface area contributed by atoms with Crippen LogP contribution in [0.4, 0.5) is 11.6 Å². The molecule has 0 unspecified atom stereocenters. The number of benzene rings is 3. The molecule has 0 aliphatic heterocycles. The summed E-state index contributed by atoms with van der Waals surface area (Å²) in [4.78, 5) is 32.7. The van der Waals surface area contributed by atoms with Crippen LogP contribution < -0.4 is 14.8 Å². The van der Waals surface area contributed by atoms with E-state index in [-0.39, 0.29) is 22.2 Å². The molecule has 1 amide bonds. The van der Waals surface area contributed by atoms with E-state index in [9.17, 15) is 18.0 Å². The Labute approximate surface area is 202 Å². The molecule has 4 rings (SSSR count). The van der Waals surface area contributed by atoms with Crippen molar-refractivity contribution in [1.82, 2.24) is 9.97 Å². The highest BCUT2D eigenvalue weighted by Gasteiger charge is 2.18. The minimum atomic E-state index is -3.93. The molecule has 2 N–H and O–H groups in total. The largest absolute Gasteiger partial charge is 0.426 e. The highest BCUT2D eigenvalue weighted by atomic mass is 32.2. The minimum absolute atomic E-state index is 0.0193. The number of sulfonamides is 1. The Bertz CT molecular complexity index is 1530. The average molecular weight is 491 g/mol. The number of aryl methyl sites for hydroxylation is 2. The molecule has 0 fully saturated rings. The molecular weight excluding hydrogens is 468 g/mol. The number of fused-ring (bicyclic) bond motifs is 1. The Morgan fingerprint density at radius 3 is 2.06 bits per heavy atom. The molecule has 35 heavy (non-hydrogen) atoms. The van der Waals surface area contributed by atoms with Crippen LogP contribution in [0.5, 0.6) is 5.75 Å². The zero-order chi connectivity index (χ0) is 25.2. The van der Waals surface area contributed by atoms with Crippen LogP contribution in [0.2, 0.25) is 0 Å². The summed E-state index contributed by atoms with van der Waals surface area (Å²) in [5, 5.41) is 4.33. The third-order valence-electron chi connectivity index (χ3n) is 4.98. The summed E-state index contributed by atoms with van der Waals surface area (Å²) in [6.07, 6.45) is 0. The van der Waals surface area contributed by atoms with E-state index in [1.807, 2.05) is 24.3 Å². The van der Waals surface area contributed by atoms with Crippen LogP contribution in [0.15, 0.2) is 71.6 Å². The Morgan fingerprint density at radius 2 is 1.46 bits per heavy atom. The number of carbonyl (C=O) groups excluding carboxylic acids is 2. The summed E-state index contributed by atoms with van der Waals surface area (Å²) in [7, 11) is -3.93. The van der Waals surface area contributed by atoms with E-state index < -0.39 is 21.9 Å². The van der Waals surface area contributed by atoms with Crippen molar-refractivity contribution in [1.29, 1.82) is 0 Å². The number of amides is 1. The van der Waals surface area contributed by atoms with Gasteiger partial charge in [-0.1, -0.05) is 24.3 Å². The van der Waals surface area contributed by atoms with E-state index in [0.717, 1.165) is 10.8 Å². The SMILES string of the molecule is CC(=O)Oc1cc2ccccc2cc1C(=O)Nc1ccc(S(=O)(=O)Nc2nc(C)cc(C)n2)cc1. The first-order valence-electron chi connectivity index (χ1n) is 10.6. The minimum Gasteiger partial charge on any atom is -0.426 e. The van der Waals surface area contributed by atoms with E-state index in [2.05, 4.69) is 20.0 Å². The molecule has 4 aromatic rings. The number of rotatable bonds is 6. The number of carbonyl (C=O) groups is 2. The first kappa shape index (κ1) is 23.8. The van der Waals surface area contributed by atoms with Gasteiger partial charge in [-0.15, -0.1) is 0 Å². The van der Waals surface area contributed by atoms with Gasteiger partial charge in [-0.05, 0) is 67.1 Å². The maximum Gasteiger partial charge on any atom is 0.308 e. The topological polar surface area (TPSA) is 127 Å². The van der Waals surface area contributed by atoms with Gasteiger partial charge in [0.25, 0.3) is 15.9 Å². The number of esters is 1. The second-order valence-electron chi connectivity index (χ2n) is 7.85. The molecule has 3 aromatic carbocycles. The number of nitrogens with zero attached hydrogens (tertiary/aromatic N) is 2. The molecular formula is C25H22N4O5S. The van der Waals surface area contributed by atoms with Crippen LogP contribution in [-0.2, 0) is 14.8 Å². The molecule has 0 aliphatic carbocycles. The fourth-order valence-electron chi connectivity index (χ4n) is 3.50. The van der Waals surface area contributed by atoms with Gasteiger partial charge in [-0.25, -0.2) is 23.1 Å². The van der Waals surface area contributed by atoms with Crippen LogP contribution in [0.25, 0.3) is 10.8 Å². The third kappa shape index (κ3) is 5.61. The molecule has 10 heteroatoms. The fourth-order valence-corrected chi connectivity index (χ4v) is 4.45. The van der Waals surface area contributed by atoms with Gasteiger partial charge in [-0.2, -0.15) is 0 Å². The maximum atomic E-state index is 13.0. The predicted octanol–water partition coefficient (Wildman–Crippen LogP) is 4.23. The summed E-state index contributed by atoms with van der Waals surface area (Å²) < 4.78 is 33.1. The van der Waals surface area contributed by atoms with Crippen molar-refractivity contribution in [2.45, 2.75) is 25.7 Å². The molecule has 0 saturated heterocycles. The average Bonchev–Trinajstić information content (AvgIpc) is 2.77. The van der Waals surface area contributed by atoms with Crippen molar-refractivity contribution in [2.75, 3.05) is 10.0 Å². The van der Waals surface area contributed by atoms with Crippen molar-refractivity contribution < 1.29 is 22.7 Å². The molecule has 1 heterocycles. The summed E-state index contributed by atoms with van der Waals surface area (Å²) in [6.45, 7) is 4.74. The standard InChI is InChI=1S/C25H22N4O5S/c1-15-12-16(2)27-25(26-15)29-35(32,33)21-10-8-20(9-11-21)28-24(31)22-13-18-6-4-5-7-19(18)14-23(22)34-17(3)30/h4-14H,1-3H3,(H,28,31)(H,26,27,29). The zero-order valence-corrected chi connectivity index (χ0v) is 20.0. The lowest BCUT2D eigenvalue weighted by molar-refractivity contribution is -0.131. The molecule has 0 atom stereocenters. The fraction of sp³-hybridized carbons (Fsp3) is 0.120. The van der Waals surface area contributed by atoms with E-state index >= 15 is 0 Å². The van der Waals surface area contributed by atoms with Crippen LogP contribution in [0, 0.1) is 13.8 Å². The van der Waals surface area contributed by atoms with Crippen molar-refractivity contribution in [3.05, 3.63) is 83.7 Å². The summed E-state index contributed by atoms with van der Waals surface area (Å²) in [6, 6.07) is 18.0. The first-order valence-corrected chi connectivity index (χ1v) is 12.1. The van der Waals surface area contributed by atoms with Gasteiger partial charge in [0.2, 0.25) is 5.95 Å². The van der Waals surface area contributed by atoms with Crippen molar-refractivity contribution >= 4 is 44.3 Å². The van der Waals surface area contributed by atoms with Gasteiger partial charge in [0.15, 0.2) is 0 Å². The number of hydrogen-bond donors (Lipinski definition) is 2. The summed E-state index contributed by atoms with van der Waals surface area (Å²) in [5.74, 6) is -0.951. The summed E-state index contributed by atoms with van der Waals surface area (Å²) >= 11 is 0. The molecule has 0 radical (unpaired) electrons. The van der Waals surface area contributed by atoms with Crippen LogP contribution in [-0.4, -0.2) is 30.3 Å². The van der Waals surface area contributed by atoms with Crippen molar-refractivity contribution in [2.24, 2.45) is 0 Å². The number of nitrogens with one attached hydrogen (secondary N) is 2.